The van der Waals surface area contributed by atoms with E-state index in [1.807, 2.05) is 0 Å². The van der Waals surface area contributed by atoms with E-state index in [9.17, 15) is 14.4 Å². The number of carbonyl (C=O) groups is 3. The lowest BCUT2D eigenvalue weighted by atomic mass is 10.0. The second-order valence-corrected chi connectivity index (χ2v) is 6.47. The van der Waals surface area contributed by atoms with E-state index in [2.05, 4.69) is 4.98 Å². The number of aromatic nitrogens is 1. The topological polar surface area (TPSA) is 103 Å². The maximum absolute atomic E-state index is 12.4. The van der Waals surface area contributed by atoms with Crippen molar-refractivity contribution in [3.8, 4) is 0 Å². The zero-order chi connectivity index (χ0) is 18.7. The Hall–Kier alpha value is -2.67. The van der Waals surface area contributed by atoms with Gasteiger partial charge in [0.1, 0.15) is 11.2 Å². The molecular formula is C18H18ClN3O4. The number of para-hydroxylation sites is 1. The molecule has 1 aromatic heterocycles. The van der Waals surface area contributed by atoms with Crippen LogP contribution in [0.25, 0.3) is 10.9 Å². The zero-order valence-corrected chi connectivity index (χ0v) is 14.7. The molecule has 0 spiro atoms. The number of likely N-dealkylation sites (tertiary alicyclic amines) is 1. The molecule has 0 aliphatic carbocycles. The largest absolute Gasteiger partial charge is 0.452 e. The Balaban J connectivity index is 1.73. The van der Waals surface area contributed by atoms with Gasteiger partial charge >= 0.3 is 5.97 Å². The molecule has 2 N–H and O–H groups in total. The van der Waals surface area contributed by atoms with Crippen LogP contribution in [-0.2, 0) is 14.3 Å². The van der Waals surface area contributed by atoms with Crippen LogP contribution in [0.3, 0.4) is 0 Å². The number of primary amides is 1. The predicted molar refractivity (Wildman–Crippen MR) is 95.6 cm³/mol. The number of carbonyl (C=O) groups excluding carboxylic acids is 3. The van der Waals surface area contributed by atoms with E-state index in [1.165, 1.54) is 11.0 Å². The minimum Gasteiger partial charge on any atom is -0.452 e. The molecule has 1 saturated heterocycles. The number of hydrogen-bond acceptors (Lipinski definition) is 5. The molecule has 7 nitrogen and oxygen atoms in total. The summed E-state index contributed by atoms with van der Waals surface area (Å²) in [5, 5.41) is 0.745. The summed E-state index contributed by atoms with van der Waals surface area (Å²) in [4.78, 5) is 41.9. The van der Waals surface area contributed by atoms with Gasteiger partial charge in [0.25, 0.3) is 5.91 Å². The molecule has 136 valence electrons. The summed E-state index contributed by atoms with van der Waals surface area (Å²) < 4.78 is 5.17. The zero-order valence-electron chi connectivity index (χ0n) is 14.0. The van der Waals surface area contributed by atoms with Crippen LogP contribution in [0.1, 0.15) is 29.6 Å². The van der Waals surface area contributed by atoms with Crippen molar-refractivity contribution in [2.45, 2.75) is 25.3 Å². The summed E-state index contributed by atoms with van der Waals surface area (Å²) in [6.45, 7) is -0.0368. The van der Waals surface area contributed by atoms with Gasteiger partial charge in [0, 0.05) is 11.9 Å². The van der Waals surface area contributed by atoms with Gasteiger partial charge in [-0.3, -0.25) is 9.59 Å². The molecule has 8 heteroatoms. The van der Waals surface area contributed by atoms with Gasteiger partial charge in [0.2, 0.25) is 5.91 Å². The number of ether oxygens (including phenoxy) is 1. The van der Waals surface area contributed by atoms with Crippen molar-refractivity contribution in [1.29, 1.82) is 0 Å². The molecule has 1 aliphatic heterocycles. The molecule has 1 fully saturated rings. The fraction of sp³-hybridized carbons (Fsp3) is 0.333. The molecule has 26 heavy (non-hydrogen) atoms. The number of piperidine rings is 1. The number of fused-ring (bicyclic) bond motifs is 1. The molecular weight excluding hydrogens is 358 g/mol. The molecule has 0 bridgehead atoms. The first kappa shape index (κ1) is 18.1. The average Bonchev–Trinajstić information content (AvgIpc) is 2.65. The Kier molecular flexibility index (Phi) is 5.37. The van der Waals surface area contributed by atoms with E-state index in [0.29, 0.717) is 23.9 Å². The van der Waals surface area contributed by atoms with Gasteiger partial charge in [-0.1, -0.05) is 29.8 Å². The SMILES string of the molecule is NC(=O)[C@@H]1CCCCN1C(=O)COC(=O)c1cc(Cl)nc2ccccc12. The van der Waals surface area contributed by atoms with E-state index in [-0.39, 0.29) is 10.7 Å². The van der Waals surface area contributed by atoms with Gasteiger partial charge in [0.15, 0.2) is 6.61 Å². The van der Waals surface area contributed by atoms with Crippen LogP contribution in [-0.4, -0.2) is 46.9 Å². The normalized spacial score (nSPS) is 17.1. The minimum atomic E-state index is -0.675. The van der Waals surface area contributed by atoms with Gasteiger partial charge in [0.05, 0.1) is 11.1 Å². The van der Waals surface area contributed by atoms with Crippen molar-refractivity contribution >= 4 is 40.3 Å². The third-order valence-corrected chi connectivity index (χ3v) is 4.58. The van der Waals surface area contributed by atoms with Crippen LogP contribution in [0.4, 0.5) is 0 Å². The van der Waals surface area contributed by atoms with Crippen molar-refractivity contribution in [3.05, 3.63) is 41.0 Å². The summed E-state index contributed by atoms with van der Waals surface area (Å²) in [5.74, 6) is -1.66. The number of halogens is 1. The predicted octanol–water partition coefficient (Wildman–Crippen LogP) is 1.91. The van der Waals surface area contributed by atoms with Gasteiger partial charge in [-0.05, 0) is 31.4 Å². The van der Waals surface area contributed by atoms with Crippen LogP contribution in [0, 0.1) is 0 Å². The highest BCUT2D eigenvalue weighted by atomic mass is 35.5. The van der Waals surface area contributed by atoms with E-state index in [0.717, 1.165) is 12.8 Å². The molecule has 2 heterocycles. The van der Waals surface area contributed by atoms with Crippen molar-refractivity contribution in [3.63, 3.8) is 0 Å². The summed E-state index contributed by atoms with van der Waals surface area (Å²) in [6, 6.07) is 7.77. The second kappa shape index (κ2) is 7.70. The molecule has 0 unspecified atom stereocenters. The summed E-state index contributed by atoms with van der Waals surface area (Å²) >= 11 is 5.96. The number of benzene rings is 1. The minimum absolute atomic E-state index is 0.159. The Labute approximate surface area is 155 Å². The Morgan fingerprint density at radius 1 is 1.27 bits per heavy atom. The maximum Gasteiger partial charge on any atom is 0.339 e. The van der Waals surface area contributed by atoms with E-state index >= 15 is 0 Å². The van der Waals surface area contributed by atoms with Crippen molar-refractivity contribution in [1.82, 2.24) is 9.88 Å². The first-order valence-corrected chi connectivity index (χ1v) is 8.66. The molecule has 1 aliphatic rings. The summed E-state index contributed by atoms with van der Waals surface area (Å²) in [5.41, 5.74) is 6.15. The second-order valence-electron chi connectivity index (χ2n) is 6.09. The summed E-state index contributed by atoms with van der Waals surface area (Å²) in [6.07, 6.45) is 2.15. The lowest BCUT2D eigenvalue weighted by molar-refractivity contribution is -0.143. The first-order valence-electron chi connectivity index (χ1n) is 8.28. The number of nitrogens with two attached hydrogens (primary N) is 1. The summed E-state index contributed by atoms with van der Waals surface area (Å²) in [7, 11) is 0. The number of hydrogen-bond donors (Lipinski definition) is 1. The fourth-order valence-corrected chi connectivity index (χ4v) is 3.33. The maximum atomic E-state index is 12.4. The third kappa shape index (κ3) is 3.77. The van der Waals surface area contributed by atoms with Gasteiger partial charge in [-0.2, -0.15) is 0 Å². The number of nitrogens with zero attached hydrogens (tertiary/aromatic N) is 2. The number of rotatable bonds is 4. The van der Waals surface area contributed by atoms with Crippen molar-refractivity contribution < 1.29 is 19.1 Å². The van der Waals surface area contributed by atoms with Crippen LogP contribution in [0.5, 0.6) is 0 Å². The Morgan fingerprint density at radius 2 is 2.04 bits per heavy atom. The highest BCUT2D eigenvalue weighted by Gasteiger charge is 2.31. The Morgan fingerprint density at radius 3 is 2.81 bits per heavy atom. The molecule has 2 amide bonds. The lowest BCUT2D eigenvalue weighted by Crippen LogP contribution is -2.51. The van der Waals surface area contributed by atoms with Crippen LogP contribution in [0.15, 0.2) is 30.3 Å². The van der Waals surface area contributed by atoms with Gasteiger partial charge in [-0.25, -0.2) is 9.78 Å². The highest BCUT2D eigenvalue weighted by Crippen LogP contribution is 2.22. The number of amides is 2. The van der Waals surface area contributed by atoms with Crippen molar-refractivity contribution in [2.24, 2.45) is 5.73 Å². The van der Waals surface area contributed by atoms with Gasteiger partial charge in [-0.15, -0.1) is 0 Å². The Bertz CT molecular complexity index is 871. The first-order chi connectivity index (χ1) is 12.5. The van der Waals surface area contributed by atoms with E-state index in [4.69, 9.17) is 22.1 Å². The van der Waals surface area contributed by atoms with Crippen LogP contribution in [0.2, 0.25) is 5.15 Å². The standard InChI is InChI=1S/C18H18ClN3O4/c19-15-9-12(11-5-1-2-6-13(11)21-15)18(25)26-10-16(23)22-8-4-3-7-14(22)17(20)24/h1-2,5-6,9,14H,3-4,7-8,10H2,(H2,20,24)/t14-/m0/s1. The quantitative estimate of drug-likeness (QED) is 0.649. The van der Waals surface area contributed by atoms with Crippen molar-refractivity contribution in [2.75, 3.05) is 13.2 Å². The fourth-order valence-electron chi connectivity index (χ4n) is 3.13. The van der Waals surface area contributed by atoms with E-state index in [1.54, 1.807) is 24.3 Å². The van der Waals surface area contributed by atoms with Gasteiger partial charge < -0.3 is 15.4 Å². The smallest absolute Gasteiger partial charge is 0.339 e. The van der Waals surface area contributed by atoms with Crippen LogP contribution < -0.4 is 5.73 Å². The monoisotopic (exact) mass is 375 g/mol. The molecule has 0 radical (unpaired) electrons. The molecule has 2 aromatic rings. The van der Waals surface area contributed by atoms with E-state index < -0.39 is 30.4 Å². The number of esters is 1. The van der Waals surface area contributed by atoms with Crippen LogP contribution >= 0.6 is 11.6 Å². The lowest BCUT2D eigenvalue weighted by Gasteiger charge is -2.33. The molecule has 3 rings (SSSR count). The number of pyridine rings is 1. The highest BCUT2D eigenvalue weighted by molar-refractivity contribution is 6.30. The molecule has 1 atom stereocenters. The average molecular weight is 376 g/mol. The molecule has 0 saturated carbocycles. The molecule has 1 aromatic carbocycles. The third-order valence-electron chi connectivity index (χ3n) is 4.38.